The molecule has 0 aliphatic carbocycles. The number of carbonyl (C=O) groups excluding carboxylic acids is 1. The third-order valence-corrected chi connectivity index (χ3v) is 4.67. The molecule has 1 aliphatic rings. The van der Waals surface area contributed by atoms with Crippen molar-refractivity contribution in [1.82, 2.24) is 14.5 Å². The van der Waals surface area contributed by atoms with Crippen LogP contribution in [0, 0.1) is 6.92 Å². The molecule has 118 valence electrons. The first-order valence-electron chi connectivity index (χ1n) is 7.00. The summed E-state index contributed by atoms with van der Waals surface area (Å²) in [4.78, 5) is 12.1. The van der Waals surface area contributed by atoms with E-state index in [-0.39, 0.29) is 23.5 Å². The molecule has 1 fully saturated rings. The fraction of sp³-hybridized carbons (Fsp3) is 0.692. The standard InChI is InChI=1S/C13H21N3O4S/c1-9(2)16-7-12(10(3)14-16)13(17)15-21(18,19)8-11-5-4-6-20-11/h7,9,11H,4-6,8H2,1-3H3,(H,15,17). The number of carbonyl (C=O) groups is 1. The Balaban J connectivity index is 2.06. The van der Waals surface area contributed by atoms with Crippen molar-refractivity contribution in [3.8, 4) is 0 Å². The van der Waals surface area contributed by atoms with Crippen molar-refractivity contribution in [2.24, 2.45) is 0 Å². The van der Waals surface area contributed by atoms with Crippen LogP contribution in [0.1, 0.15) is 48.8 Å². The van der Waals surface area contributed by atoms with E-state index in [1.54, 1.807) is 17.8 Å². The van der Waals surface area contributed by atoms with Gasteiger partial charge < -0.3 is 4.74 Å². The van der Waals surface area contributed by atoms with Gasteiger partial charge in [-0.25, -0.2) is 13.1 Å². The molecule has 21 heavy (non-hydrogen) atoms. The van der Waals surface area contributed by atoms with Crippen molar-refractivity contribution in [2.45, 2.75) is 45.8 Å². The third-order valence-electron chi connectivity index (χ3n) is 3.37. The summed E-state index contributed by atoms with van der Waals surface area (Å²) in [6.07, 6.45) is 2.81. The van der Waals surface area contributed by atoms with Gasteiger partial charge in [-0.3, -0.25) is 9.48 Å². The maximum Gasteiger partial charge on any atom is 0.268 e. The van der Waals surface area contributed by atoms with Gasteiger partial charge in [0.25, 0.3) is 5.91 Å². The number of rotatable bonds is 5. The van der Waals surface area contributed by atoms with Crippen molar-refractivity contribution in [1.29, 1.82) is 0 Å². The average Bonchev–Trinajstić information content (AvgIpc) is 2.97. The van der Waals surface area contributed by atoms with Crippen LogP contribution in [0.3, 0.4) is 0 Å². The highest BCUT2D eigenvalue weighted by molar-refractivity contribution is 7.90. The second-order valence-electron chi connectivity index (χ2n) is 5.55. The smallest absolute Gasteiger partial charge is 0.268 e. The zero-order chi connectivity index (χ0) is 15.6. The molecule has 1 aromatic heterocycles. The molecular weight excluding hydrogens is 294 g/mol. The van der Waals surface area contributed by atoms with Crippen LogP contribution in [0.4, 0.5) is 0 Å². The number of hydrogen-bond donors (Lipinski definition) is 1. The zero-order valence-corrected chi connectivity index (χ0v) is 13.3. The van der Waals surface area contributed by atoms with E-state index in [9.17, 15) is 13.2 Å². The summed E-state index contributed by atoms with van der Waals surface area (Å²) < 4.78 is 33.0. The van der Waals surface area contributed by atoms with Gasteiger partial charge in [0.05, 0.1) is 23.1 Å². The summed E-state index contributed by atoms with van der Waals surface area (Å²) >= 11 is 0. The van der Waals surface area contributed by atoms with Crippen LogP contribution in [0.5, 0.6) is 0 Å². The Morgan fingerprint density at radius 2 is 2.29 bits per heavy atom. The number of hydrogen-bond acceptors (Lipinski definition) is 5. The van der Waals surface area contributed by atoms with Gasteiger partial charge in [0, 0.05) is 18.8 Å². The molecule has 7 nitrogen and oxygen atoms in total. The second kappa shape index (κ2) is 6.15. The zero-order valence-electron chi connectivity index (χ0n) is 12.5. The predicted molar refractivity (Wildman–Crippen MR) is 77.6 cm³/mol. The molecule has 1 aromatic rings. The molecule has 8 heteroatoms. The summed E-state index contributed by atoms with van der Waals surface area (Å²) in [5.41, 5.74) is 0.785. The molecule has 2 heterocycles. The lowest BCUT2D eigenvalue weighted by Crippen LogP contribution is -2.36. The number of nitrogens with zero attached hydrogens (tertiary/aromatic N) is 2. The monoisotopic (exact) mass is 315 g/mol. The highest BCUT2D eigenvalue weighted by atomic mass is 32.2. The first-order valence-corrected chi connectivity index (χ1v) is 8.66. The van der Waals surface area contributed by atoms with Crippen LogP contribution >= 0.6 is 0 Å². The van der Waals surface area contributed by atoms with E-state index in [0.717, 1.165) is 6.42 Å². The molecule has 1 N–H and O–H groups in total. The summed E-state index contributed by atoms with van der Waals surface area (Å²) in [5.74, 6) is -0.826. The molecule has 0 spiro atoms. The van der Waals surface area contributed by atoms with E-state index in [0.29, 0.717) is 18.7 Å². The lowest BCUT2D eigenvalue weighted by Gasteiger charge is -2.10. The van der Waals surface area contributed by atoms with Gasteiger partial charge >= 0.3 is 0 Å². The number of nitrogens with one attached hydrogen (secondary N) is 1. The van der Waals surface area contributed by atoms with E-state index >= 15 is 0 Å². The summed E-state index contributed by atoms with van der Waals surface area (Å²) in [6, 6.07) is 0.105. The van der Waals surface area contributed by atoms with Crippen LogP contribution in [0.25, 0.3) is 0 Å². The van der Waals surface area contributed by atoms with Crippen molar-refractivity contribution < 1.29 is 17.9 Å². The quantitative estimate of drug-likeness (QED) is 0.876. The number of amides is 1. The first kappa shape index (κ1) is 16.0. The molecule has 0 aromatic carbocycles. The van der Waals surface area contributed by atoms with E-state index in [1.165, 1.54) is 0 Å². The van der Waals surface area contributed by atoms with Crippen LogP contribution in [0.15, 0.2) is 6.20 Å². The molecule has 0 radical (unpaired) electrons. The van der Waals surface area contributed by atoms with Gasteiger partial charge in [0.1, 0.15) is 0 Å². The Morgan fingerprint density at radius 3 is 2.81 bits per heavy atom. The van der Waals surface area contributed by atoms with Crippen LogP contribution in [-0.2, 0) is 14.8 Å². The molecule has 1 aliphatic heterocycles. The molecule has 1 atom stereocenters. The Labute approximate surface area is 124 Å². The van der Waals surface area contributed by atoms with Crippen LogP contribution in [0.2, 0.25) is 0 Å². The second-order valence-corrected chi connectivity index (χ2v) is 7.32. The third kappa shape index (κ3) is 4.04. The van der Waals surface area contributed by atoms with Gasteiger partial charge in [-0.1, -0.05) is 0 Å². The molecule has 1 saturated heterocycles. The maximum absolute atomic E-state index is 12.1. The highest BCUT2D eigenvalue weighted by Crippen LogP contribution is 2.14. The number of aromatic nitrogens is 2. The Bertz CT molecular complexity index is 615. The lowest BCUT2D eigenvalue weighted by molar-refractivity contribution is 0.0979. The van der Waals surface area contributed by atoms with Crippen LogP contribution < -0.4 is 4.72 Å². The fourth-order valence-corrected chi connectivity index (χ4v) is 3.46. The minimum Gasteiger partial charge on any atom is -0.377 e. The van der Waals surface area contributed by atoms with Crippen molar-refractivity contribution in [3.63, 3.8) is 0 Å². The van der Waals surface area contributed by atoms with Gasteiger partial charge in [-0.15, -0.1) is 0 Å². The first-order chi connectivity index (χ1) is 9.78. The maximum atomic E-state index is 12.1. The Morgan fingerprint density at radius 1 is 1.57 bits per heavy atom. The molecule has 2 rings (SSSR count). The Kier molecular flexibility index (Phi) is 4.67. The SMILES string of the molecule is Cc1nn(C(C)C)cc1C(=O)NS(=O)(=O)CC1CCCO1. The fourth-order valence-electron chi connectivity index (χ4n) is 2.23. The van der Waals surface area contributed by atoms with Gasteiger partial charge in [-0.05, 0) is 33.6 Å². The minimum atomic E-state index is -3.70. The van der Waals surface area contributed by atoms with Crippen molar-refractivity contribution >= 4 is 15.9 Å². The largest absolute Gasteiger partial charge is 0.377 e. The number of ether oxygens (including phenoxy) is 1. The summed E-state index contributed by atoms with van der Waals surface area (Å²) in [7, 11) is -3.70. The molecule has 1 unspecified atom stereocenters. The van der Waals surface area contributed by atoms with Gasteiger partial charge in [0.2, 0.25) is 10.0 Å². The summed E-state index contributed by atoms with van der Waals surface area (Å²) in [5, 5.41) is 4.20. The molecule has 0 saturated carbocycles. The number of aryl methyl sites for hydroxylation is 1. The van der Waals surface area contributed by atoms with E-state index in [2.05, 4.69) is 9.82 Å². The van der Waals surface area contributed by atoms with Crippen LogP contribution in [-0.4, -0.2) is 42.6 Å². The Hall–Kier alpha value is -1.41. The normalized spacial score (nSPS) is 19.1. The molecular formula is C13H21N3O4S. The topological polar surface area (TPSA) is 90.3 Å². The van der Waals surface area contributed by atoms with E-state index in [1.807, 2.05) is 13.8 Å². The lowest BCUT2D eigenvalue weighted by atomic mass is 10.2. The van der Waals surface area contributed by atoms with Gasteiger partial charge in [-0.2, -0.15) is 5.10 Å². The highest BCUT2D eigenvalue weighted by Gasteiger charge is 2.26. The van der Waals surface area contributed by atoms with Crippen molar-refractivity contribution in [2.75, 3.05) is 12.4 Å². The van der Waals surface area contributed by atoms with E-state index in [4.69, 9.17) is 4.74 Å². The van der Waals surface area contributed by atoms with Gasteiger partial charge in [0.15, 0.2) is 0 Å². The van der Waals surface area contributed by atoms with E-state index < -0.39 is 15.9 Å². The summed E-state index contributed by atoms with van der Waals surface area (Å²) in [6.45, 7) is 6.12. The number of sulfonamides is 1. The molecule has 0 bridgehead atoms. The predicted octanol–water partition coefficient (Wildman–Crippen LogP) is 1.01. The minimum absolute atomic E-state index is 0.105. The molecule has 1 amide bonds. The van der Waals surface area contributed by atoms with Crippen molar-refractivity contribution in [3.05, 3.63) is 17.5 Å². The average molecular weight is 315 g/mol.